The van der Waals surface area contributed by atoms with Gasteiger partial charge in [0.2, 0.25) is 11.8 Å². The Morgan fingerprint density at radius 3 is 2.63 bits per heavy atom. The summed E-state index contributed by atoms with van der Waals surface area (Å²) in [7, 11) is 1.60. The van der Waals surface area contributed by atoms with Gasteiger partial charge < -0.3 is 24.8 Å². The van der Waals surface area contributed by atoms with Crippen molar-refractivity contribution in [3.8, 4) is 0 Å². The fraction of sp³-hybridized carbons (Fsp3) is 0.762. The normalized spacial score (nSPS) is 28.5. The summed E-state index contributed by atoms with van der Waals surface area (Å²) in [6.07, 6.45) is 7.70. The molecule has 0 aliphatic heterocycles. The van der Waals surface area contributed by atoms with E-state index in [2.05, 4.69) is 15.7 Å². The lowest BCUT2D eigenvalue weighted by Crippen LogP contribution is -2.58. The van der Waals surface area contributed by atoms with Crippen molar-refractivity contribution in [2.45, 2.75) is 63.3 Å². The maximum absolute atomic E-state index is 12.8. The number of amides is 2. The number of hydrogen-bond acceptors (Lipinski definition) is 6. The van der Waals surface area contributed by atoms with Crippen molar-refractivity contribution < 1.29 is 23.8 Å². The van der Waals surface area contributed by atoms with Crippen LogP contribution in [-0.2, 0) is 23.8 Å². The van der Waals surface area contributed by atoms with Crippen molar-refractivity contribution in [2.75, 3.05) is 33.5 Å². The van der Waals surface area contributed by atoms with E-state index in [0.717, 1.165) is 32.1 Å². The zero-order valence-corrected chi connectivity index (χ0v) is 17.9. The van der Waals surface area contributed by atoms with E-state index in [1.165, 1.54) is 0 Å². The SMILES string of the molecule is CCOC1CC(NC(=O)C2CCC(NC(=O)COCCOC)CC2)C1n1cccn1. The van der Waals surface area contributed by atoms with Crippen LogP contribution >= 0.6 is 0 Å². The van der Waals surface area contributed by atoms with Crippen molar-refractivity contribution in [1.82, 2.24) is 20.4 Å². The van der Waals surface area contributed by atoms with E-state index in [1.807, 2.05) is 23.9 Å². The molecule has 3 unspecified atom stereocenters. The standard InChI is InChI=1S/C21H34N4O5/c1-3-30-18-13-17(20(18)25-10-4-9-22-25)24-21(27)15-5-7-16(8-6-15)23-19(26)14-29-12-11-28-2/h4,9-10,15-18,20H,3,5-8,11-14H2,1-2H3,(H,23,26)(H,24,27). The fourth-order valence-corrected chi connectivity index (χ4v) is 4.31. The van der Waals surface area contributed by atoms with Gasteiger partial charge in [0.05, 0.1) is 31.4 Å². The van der Waals surface area contributed by atoms with Crippen LogP contribution in [0.5, 0.6) is 0 Å². The molecule has 3 rings (SSSR count). The third kappa shape index (κ3) is 6.02. The Bertz CT molecular complexity index is 660. The minimum Gasteiger partial charge on any atom is -0.382 e. The lowest BCUT2D eigenvalue weighted by atomic mass is 9.81. The Hall–Kier alpha value is -1.97. The van der Waals surface area contributed by atoms with Crippen LogP contribution in [0.3, 0.4) is 0 Å². The minimum absolute atomic E-state index is 0.0134. The topological polar surface area (TPSA) is 104 Å². The van der Waals surface area contributed by atoms with Crippen LogP contribution in [0, 0.1) is 5.92 Å². The van der Waals surface area contributed by atoms with E-state index < -0.39 is 0 Å². The van der Waals surface area contributed by atoms with Gasteiger partial charge in [0.15, 0.2) is 0 Å². The van der Waals surface area contributed by atoms with Gasteiger partial charge in [0, 0.05) is 38.1 Å². The molecule has 2 aliphatic rings. The first-order valence-electron chi connectivity index (χ1n) is 10.9. The second-order valence-corrected chi connectivity index (χ2v) is 7.98. The van der Waals surface area contributed by atoms with Gasteiger partial charge in [-0.25, -0.2) is 0 Å². The van der Waals surface area contributed by atoms with Gasteiger partial charge in [0.25, 0.3) is 0 Å². The number of nitrogens with zero attached hydrogens (tertiary/aromatic N) is 2. The zero-order valence-electron chi connectivity index (χ0n) is 17.9. The molecule has 30 heavy (non-hydrogen) atoms. The second kappa shape index (κ2) is 11.4. The largest absolute Gasteiger partial charge is 0.382 e. The van der Waals surface area contributed by atoms with Gasteiger partial charge in [-0.15, -0.1) is 0 Å². The molecule has 9 nitrogen and oxygen atoms in total. The van der Waals surface area contributed by atoms with E-state index in [1.54, 1.807) is 13.3 Å². The molecule has 2 aliphatic carbocycles. The Morgan fingerprint density at radius 1 is 1.17 bits per heavy atom. The Labute approximate surface area is 177 Å². The van der Waals surface area contributed by atoms with Crippen molar-refractivity contribution in [3.63, 3.8) is 0 Å². The number of nitrogens with one attached hydrogen (secondary N) is 2. The number of carbonyl (C=O) groups excluding carboxylic acids is 2. The Morgan fingerprint density at radius 2 is 1.97 bits per heavy atom. The maximum Gasteiger partial charge on any atom is 0.246 e. The number of rotatable bonds is 11. The summed E-state index contributed by atoms with van der Waals surface area (Å²) >= 11 is 0. The Balaban J connectivity index is 1.39. The first-order valence-corrected chi connectivity index (χ1v) is 10.9. The predicted molar refractivity (Wildman–Crippen MR) is 110 cm³/mol. The molecular formula is C21H34N4O5. The molecule has 2 fully saturated rings. The molecule has 2 amide bonds. The zero-order chi connectivity index (χ0) is 21.3. The lowest BCUT2D eigenvalue weighted by molar-refractivity contribution is -0.131. The van der Waals surface area contributed by atoms with Gasteiger partial charge in [0.1, 0.15) is 6.61 Å². The third-order valence-electron chi connectivity index (χ3n) is 5.95. The number of carbonyl (C=O) groups is 2. The van der Waals surface area contributed by atoms with Crippen molar-refractivity contribution in [1.29, 1.82) is 0 Å². The number of hydrogen-bond donors (Lipinski definition) is 2. The molecule has 168 valence electrons. The van der Waals surface area contributed by atoms with Gasteiger partial charge in [-0.2, -0.15) is 5.10 Å². The smallest absolute Gasteiger partial charge is 0.246 e. The Kier molecular flexibility index (Phi) is 8.65. The van der Waals surface area contributed by atoms with Gasteiger partial charge >= 0.3 is 0 Å². The van der Waals surface area contributed by atoms with Crippen LogP contribution in [0.4, 0.5) is 0 Å². The second-order valence-electron chi connectivity index (χ2n) is 7.98. The van der Waals surface area contributed by atoms with Crippen LogP contribution in [0.25, 0.3) is 0 Å². The highest BCUT2D eigenvalue weighted by Gasteiger charge is 2.45. The van der Waals surface area contributed by atoms with Gasteiger partial charge in [-0.1, -0.05) is 0 Å². The van der Waals surface area contributed by atoms with E-state index in [4.69, 9.17) is 14.2 Å². The number of methoxy groups -OCH3 is 1. The molecule has 1 heterocycles. The molecule has 0 spiro atoms. The first-order chi connectivity index (χ1) is 14.6. The van der Waals surface area contributed by atoms with Crippen molar-refractivity contribution in [3.05, 3.63) is 18.5 Å². The molecule has 0 radical (unpaired) electrons. The molecule has 1 aromatic heterocycles. The van der Waals surface area contributed by atoms with E-state index in [0.29, 0.717) is 19.8 Å². The van der Waals surface area contributed by atoms with Crippen LogP contribution in [-0.4, -0.2) is 73.3 Å². The lowest BCUT2D eigenvalue weighted by Gasteiger charge is -2.45. The maximum atomic E-state index is 12.8. The van der Waals surface area contributed by atoms with Crippen molar-refractivity contribution >= 4 is 11.8 Å². The van der Waals surface area contributed by atoms with E-state index in [-0.39, 0.29) is 48.6 Å². The quantitative estimate of drug-likeness (QED) is 0.517. The van der Waals surface area contributed by atoms with E-state index >= 15 is 0 Å². The highest BCUT2D eigenvalue weighted by molar-refractivity contribution is 5.79. The summed E-state index contributed by atoms with van der Waals surface area (Å²) < 4.78 is 17.8. The molecule has 0 aromatic carbocycles. The van der Waals surface area contributed by atoms with Gasteiger partial charge in [-0.05, 0) is 45.1 Å². The highest BCUT2D eigenvalue weighted by atomic mass is 16.5. The molecule has 0 bridgehead atoms. The first kappa shape index (κ1) is 22.7. The molecule has 9 heteroatoms. The summed E-state index contributed by atoms with van der Waals surface area (Å²) in [5.74, 6) is -0.0298. The van der Waals surface area contributed by atoms with Gasteiger partial charge in [-0.3, -0.25) is 14.3 Å². The predicted octanol–water partition coefficient (Wildman–Crippen LogP) is 1.06. The highest BCUT2D eigenvalue weighted by Crippen LogP contribution is 2.35. The average molecular weight is 423 g/mol. The molecule has 2 N–H and O–H groups in total. The molecule has 1 aromatic rings. The fourth-order valence-electron chi connectivity index (χ4n) is 4.31. The summed E-state index contributed by atoms with van der Waals surface area (Å²) in [5, 5.41) is 10.5. The number of ether oxygens (including phenoxy) is 3. The van der Waals surface area contributed by atoms with Crippen LogP contribution < -0.4 is 10.6 Å². The van der Waals surface area contributed by atoms with E-state index in [9.17, 15) is 9.59 Å². The third-order valence-corrected chi connectivity index (χ3v) is 5.95. The molecule has 2 saturated carbocycles. The summed E-state index contributed by atoms with van der Waals surface area (Å²) in [5.41, 5.74) is 0. The molecule has 3 atom stereocenters. The number of aromatic nitrogens is 2. The monoisotopic (exact) mass is 422 g/mol. The van der Waals surface area contributed by atoms with Crippen LogP contribution in [0.15, 0.2) is 18.5 Å². The molecule has 0 saturated heterocycles. The average Bonchev–Trinajstić information content (AvgIpc) is 3.24. The minimum atomic E-state index is -0.113. The van der Waals surface area contributed by atoms with Crippen LogP contribution in [0.2, 0.25) is 0 Å². The molecular weight excluding hydrogens is 388 g/mol. The van der Waals surface area contributed by atoms with Crippen molar-refractivity contribution in [2.24, 2.45) is 5.92 Å². The van der Waals surface area contributed by atoms with Crippen LogP contribution in [0.1, 0.15) is 45.1 Å². The summed E-state index contributed by atoms with van der Waals surface area (Å²) in [6.45, 7) is 3.55. The summed E-state index contributed by atoms with van der Waals surface area (Å²) in [6, 6.07) is 2.07. The summed E-state index contributed by atoms with van der Waals surface area (Å²) in [4.78, 5) is 24.8.